The lowest BCUT2D eigenvalue weighted by Crippen LogP contribution is -2.39. The van der Waals surface area contributed by atoms with Gasteiger partial charge >= 0.3 is 0 Å². The van der Waals surface area contributed by atoms with Crippen LogP contribution < -0.4 is 5.32 Å². The molecule has 1 saturated heterocycles. The van der Waals surface area contributed by atoms with E-state index in [9.17, 15) is 8.78 Å². The molecule has 0 unspecified atom stereocenters. The third-order valence-electron chi connectivity index (χ3n) is 4.23. The summed E-state index contributed by atoms with van der Waals surface area (Å²) in [6, 6.07) is 3.47. The predicted octanol–water partition coefficient (Wildman–Crippen LogP) is 3.41. The van der Waals surface area contributed by atoms with Crippen LogP contribution >= 0.6 is 24.0 Å². The molecule has 0 amide bonds. The molecule has 136 valence electrons. The van der Waals surface area contributed by atoms with E-state index in [1.807, 2.05) is 11.9 Å². The summed E-state index contributed by atoms with van der Waals surface area (Å²) >= 11 is 0. The minimum absolute atomic E-state index is 0. The Kier molecular flexibility index (Phi) is 9.50. The number of nitrogens with one attached hydrogen (secondary N) is 1. The predicted molar refractivity (Wildman–Crippen MR) is 103 cm³/mol. The molecule has 4 nitrogen and oxygen atoms in total. The third-order valence-corrected chi connectivity index (χ3v) is 4.23. The Morgan fingerprint density at radius 3 is 2.71 bits per heavy atom. The van der Waals surface area contributed by atoms with Gasteiger partial charge in [0.05, 0.1) is 0 Å². The van der Waals surface area contributed by atoms with Gasteiger partial charge in [-0.3, -0.25) is 4.99 Å². The fourth-order valence-electron chi connectivity index (χ4n) is 2.75. The summed E-state index contributed by atoms with van der Waals surface area (Å²) in [4.78, 5) is 6.23. The zero-order valence-corrected chi connectivity index (χ0v) is 16.6. The van der Waals surface area contributed by atoms with Crippen molar-refractivity contribution in [2.75, 3.05) is 33.9 Å². The van der Waals surface area contributed by atoms with E-state index in [1.165, 1.54) is 6.07 Å². The highest BCUT2D eigenvalue weighted by Crippen LogP contribution is 2.18. The van der Waals surface area contributed by atoms with Crippen molar-refractivity contribution in [1.29, 1.82) is 0 Å². The van der Waals surface area contributed by atoms with Crippen LogP contribution in [0.1, 0.15) is 24.8 Å². The van der Waals surface area contributed by atoms with E-state index in [-0.39, 0.29) is 30.5 Å². The number of aliphatic imine (C=N–C) groups is 1. The summed E-state index contributed by atoms with van der Waals surface area (Å²) in [5.74, 6) is 0.510. The third kappa shape index (κ3) is 6.51. The Morgan fingerprint density at radius 2 is 2.04 bits per heavy atom. The lowest BCUT2D eigenvalue weighted by molar-refractivity contribution is 0.0625. The number of guanidine groups is 1. The first-order valence-corrected chi connectivity index (χ1v) is 8.03. The molecule has 0 radical (unpaired) electrons. The fraction of sp³-hybridized carbons (Fsp3) is 0.588. The van der Waals surface area contributed by atoms with Crippen LogP contribution in [0.2, 0.25) is 0 Å². The largest absolute Gasteiger partial charge is 0.381 e. The Hall–Kier alpha value is -0.960. The first kappa shape index (κ1) is 21.1. The second kappa shape index (κ2) is 10.8. The van der Waals surface area contributed by atoms with Crippen molar-refractivity contribution in [3.63, 3.8) is 0 Å². The summed E-state index contributed by atoms with van der Waals surface area (Å²) in [5.41, 5.74) is 0.295. The zero-order chi connectivity index (χ0) is 16.7. The molecule has 0 atom stereocenters. The second-order valence-electron chi connectivity index (χ2n) is 5.90. The quantitative estimate of drug-likeness (QED) is 0.422. The molecular formula is C17H26F2IN3O. The van der Waals surface area contributed by atoms with E-state index in [2.05, 4.69) is 10.3 Å². The lowest BCUT2D eigenvalue weighted by atomic mass is 9.96. The number of hydrogen-bond acceptors (Lipinski definition) is 2. The van der Waals surface area contributed by atoms with Gasteiger partial charge in [0.15, 0.2) is 5.96 Å². The minimum Gasteiger partial charge on any atom is -0.381 e. The SMILES string of the molecule is CN=C(NCc1cc(F)ccc1F)N(C)CCC1CCOCC1.I. The lowest BCUT2D eigenvalue weighted by Gasteiger charge is -2.26. The van der Waals surface area contributed by atoms with Crippen LogP contribution in [0.15, 0.2) is 23.2 Å². The molecule has 0 aliphatic carbocycles. The van der Waals surface area contributed by atoms with Gasteiger partial charge in [0.2, 0.25) is 0 Å². The van der Waals surface area contributed by atoms with Crippen LogP contribution in [-0.4, -0.2) is 44.7 Å². The normalized spacial score (nSPS) is 15.8. The van der Waals surface area contributed by atoms with Crippen molar-refractivity contribution in [3.05, 3.63) is 35.4 Å². The molecule has 1 aromatic rings. The number of halogens is 3. The van der Waals surface area contributed by atoms with Crippen molar-refractivity contribution < 1.29 is 13.5 Å². The number of rotatable bonds is 5. The molecule has 0 aromatic heterocycles. The molecule has 0 spiro atoms. The molecule has 24 heavy (non-hydrogen) atoms. The van der Waals surface area contributed by atoms with Gasteiger partial charge in [-0.15, -0.1) is 24.0 Å². The standard InChI is InChI=1S/C17H25F2N3O.HI/c1-20-17(21-12-14-11-15(18)3-4-16(14)19)22(2)8-5-13-6-9-23-10-7-13;/h3-4,11,13H,5-10,12H2,1-2H3,(H,20,21);1H. The summed E-state index contributed by atoms with van der Waals surface area (Å²) in [7, 11) is 3.64. The van der Waals surface area contributed by atoms with Crippen LogP contribution in [0.3, 0.4) is 0 Å². The highest BCUT2D eigenvalue weighted by atomic mass is 127. The average Bonchev–Trinajstić information content (AvgIpc) is 2.57. The van der Waals surface area contributed by atoms with Crippen molar-refractivity contribution >= 4 is 29.9 Å². The molecule has 0 saturated carbocycles. The van der Waals surface area contributed by atoms with Crippen LogP contribution in [0.25, 0.3) is 0 Å². The van der Waals surface area contributed by atoms with Gasteiger partial charge < -0.3 is 15.0 Å². The van der Waals surface area contributed by atoms with Crippen LogP contribution in [0.4, 0.5) is 8.78 Å². The van der Waals surface area contributed by atoms with Gasteiger partial charge in [0.1, 0.15) is 11.6 Å². The molecule has 1 aliphatic heterocycles. The minimum atomic E-state index is -0.439. The van der Waals surface area contributed by atoms with Gasteiger partial charge in [0.25, 0.3) is 0 Å². The van der Waals surface area contributed by atoms with E-state index in [4.69, 9.17) is 4.74 Å². The van der Waals surface area contributed by atoms with Crippen LogP contribution in [0.5, 0.6) is 0 Å². The highest BCUT2D eigenvalue weighted by molar-refractivity contribution is 14.0. The topological polar surface area (TPSA) is 36.9 Å². The van der Waals surface area contributed by atoms with E-state index in [1.54, 1.807) is 7.05 Å². The summed E-state index contributed by atoms with van der Waals surface area (Å²) in [5, 5.41) is 3.09. The fourth-order valence-corrected chi connectivity index (χ4v) is 2.75. The summed E-state index contributed by atoms with van der Waals surface area (Å²) in [6.07, 6.45) is 3.29. The van der Waals surface area contributed by atoms with Gasteiger partial charge in [-0.1, -0.05) is 0 Å². The Balaban J connectivity index is 0.00000288. The highest BCUT2D eigenvalue weighted by Gasteiger charge is 2.15. The van der Waals surface area contributed by atoms with Crippen molar-refractivity contribution in [2.24, 2.45) is 10.9 Å². The summed E-state index contributed by atoms with van der Waals surface area (Å²) < 4.78 is 32.2. The van der Waals surface area contributed by atoms with Gasteiger partial charge in [0, 0.05) is 46.0 Å². The van der Waals surface area contributed by atoms with Crippen molar-refractivity contribution in [3.8, 4) is 0 Å². The van der Waals surface area contributed by atoms with E-state index in [0.29, 0.717) is 17.4 Å². The van der Waals surface area contributed by atoms with E-state index in [0.717, 1.165) is 51.2 Å². The number of nitrogens with zero attached hydrogens (tertiary/aromatic N) is 2. The van der Waals surface area contributed by atoms with E-state index < -0.39 is 11.6 Å². The maximum Gasteiger partial charge on any atom is 0.193 e. The first-order chi connectivity index (χ1) is 11.1. The molecule has 7 heteroatoms. The Bertz CT molecular complexity index is 537. The zero-order valence-electron chi connectivity index (χ0n) is 14.2. The van der Waals surface area contributed by atoms with Gasteiger partial charge in [-0.2, -0.15) is 0 Å². The molecule has 1 aromatic carbocycles. The van der Waals surface area contributed by atoms with Crippen LogP contribution in [-0.2, 0) is 11.3 Å². The Labute approximate surface area is 159 Å². The number of ether oxygens (including phenoxy) is 1. The molecule has 0 bridgehead atoms. The molecular weight excluding hydrogens is 427 g/mol. The summed E-state index contributed by atoms with van der Waals surface area (Å²) in [6.45, 7) is 2.77. The molecule has 1 N–H and O–H groups in total. The average molecular weight is 453 g/mol. The van der Waals surface area contributed by atoms with Gasteiger partial charge in [-0.05, 0) is 43.4 Å². The smallest absolute Gasteiger partial charge is 0.193 e. The molecule has 1 aliphatic rings. The van der Waals surface area contributed by atoms with E-state index >= 15 is 0 Å². The maximum absolute atomic E-state index is 13.6. The van der Waals surface area contributed by atoms with Gasteiger partial charge in [-0.25, -0.2) is 8.78 Å². The molecule has 1 heterocycles. The number of benzene rings is 1. The van der Waals surface area contributed by atoms with Crippen molar-refractivity contribution in [1.82, 2.24) is 10.2 Å². The monoisotopic (exact) mass is 453 g/mol. The van der Waals surface area contributed by atoms with Crippen molar-refractivity contribution in [2.45, 2.75) is 25.8 Å². The maximum atomic E-state index is 13.6. The first-order valence-electron chi connectivity index (χ1n) is 8.03. The molecule has 2 rings (SSSR count). The van der Waals surface area contributed by atoms with Crippen LogP contribution in [0, 0.1) is 17.6 Å². The second-order valence-corrected chi connectivity index (χ2v) is 5.90. The molecule has 1 fully saturated rings. The Morgan fingerprint density at radius 1 is 1.33 bits per heavy atom. The number of hydrogen-bond donors (Lipinski definition) is 1.